The Kier molecular flexibility index (Phi) is 9.43. The van der Waals surface area contributed by atoms with Crippen molar-refractivity contribution >= 4 is 38.8 Å². The molecule has 2 aliphatic carbocycles. The van der Waals surface area contributed by atoms with Gasteiger partial charge in [-0.15, -0.1) is 0 Å². The number of aromatic nitrogens is 1. The monoisotopic (exact) mass is 718 g/mol. The first-order valence-electron chi connectivity index (χ1n) is 18.1. The molecule has 2 saturated heterocycles. The van der Waals surface area contributed by atoms with Gasteiger partial charge in [-0.05, 0) is 86.2 Å². The topological polar surface area (TPSA) is 124 Å². The van der Waals surface area contributed by atoms with E-state index in [0.717, 1.165) is 70.7 Å². The number of nitrogens with zero attached hydrogens (tertiary/aromatic N) is 5. The summed E-state index contributed by atoms with van der Waals surface area (Å²) >= 11 is 0. The van der Waals surface area contributed by atoms with E-state index in [4.69, 9.17) is 4.74 Å². The SMILES string of the molecule is COc1ccc(-c2c(C3CCCCC3)c3ccc(C(=O)NS(=O)(=O)N(C)C)cc3n2CC2(C(=O)N3C4CN(C)CC3CN(C(C)=O)C4)CC2)cc1. The highest BCUT2D eigenvalue weighted by molar-refractivity contribution is 7.87. The number of hydrogen-bond donors (Lipinski definition) is 1. The van der Waals surface area contributed by atoms with Gasteiger partial charge < -0.3 is 24.0 Å². The molecular formula is C38H50N6O6S. The van der Waals surface area contributed by atoms with E-state index >= 15 is 0 Å². The lowest BCUT2D eigenvalue weighted by molar-refractivity contribution is -0.156. The van der Waals surface area contributed by atoms with Crippen molar-refractivity contribution in [2.75, 3.05) is 54.4 Å². The van der Waals surface area contributed by atoms with Gasteiger partial charge in [0.25, 0.3) is 5.91 Å². The molecule has 2 aromatic carbocycles. The van der Waals surface area contributed by atoms with Crippen LogP contribution in [0, 0.1) is 5.41 Å². The molecule has 2 saturated carbocycles. The molecule has 51 heavy (non-hydrogen) atoms. The van der Waals surface area contributed by atoms with Crippen molar-refractivity contribution in [3.8, 4) is 17.0 Å². The molecule has 3 heterocycles. The van der Waals surface area contributed by atoms with E-state index in [0.29, 0.717) is 38.6 Å². The summed E-state index contributed by atoms with van der Waals surface area (Å²) in [6, 6.07) is 13.4. The fraction of sp³-hybridized carbons (Fsp3) is 0.553. The summed E-state index contributed by atoms with van der Waals surface area (Å²) in [5, 5.41) is 1.02. The molecule has 4 fully saturated rings. The first-order chi connectivity index (χ1) is 24.3. The highest BCUT2D eigenvalue weighted by atomic mass is 32.2. The van der Waals surface area contributed by atoms with E-state index in [1.165, 1.54) is 26.1 Å². The predicted octanol–water partition coefficient (Wildman–Crippen LogP) is 4.05. The average molecular weight is 719 g/mol. The second-order valence-electron chi connectivity index (χ2n) is 15.3. The number of benzene rings is 2. The Morgan fingerprint density at radius 2 is 1.59 bits per heavy atom. The summed E-state index contributed by atoms with van der Waals surface area (Å²) in [5.41, 5.74) is 3.69. The molecule has 3 aromatic rings. The summed E-state index contributed by atoms with van der Waals surface area (Å²) in [5.74, 6) is 0.521. The maximum Gasteiger partial charge on any atom is 0.303 e. The van der Waals surface area contributed by atoms with Gasteiger partial charge in [-0.2, -0.15) is 12.7 Å². The van der Waals surface area contributed by atoms with E-state index < -0.39 is 21.5 Å². The van der Waals surface area contributed by atoms with E-state index in [-0.39, 0.29) is 29.5 Å². The fourth-order valence-corrected chi connectivity index (χ4v) is 9.25. The lowest BCUT2D eigenvalue weighted by Crippen LogP contribution is -2.70. The molecular weight excluding hydrogens is 669 g/mol. The number of amides is 3. The van der Waals surface area contributed by atoms with Gasteiger partial charge in [0.1, 0.15) is 5.75 Å². The number of nitrogens with one attached hydrogen (secondary N) is 1. The van der Waals surface area contributed by atoms with Crippen LogP contribution in [0.3, 0.4) is 0 Å². The Labute approximate surface area is 300 Å². The van der Waals surface area contributed by atoms with Gasteiger partial charge in [0.2, 0.25) is 11.8 Å². The van der Waals surface area contributed by atoms with Crippen LogP contribution in [0.5, 0.6) is 5.75 Å². The number of carbonyl (C=O) groups excluding carboxylic acids is 3. The molecule has 274 valence electrons. The van der Waals surface area contributed by atoms with Gasteiger partial charge in [-0.25, -0.2) is 4.72 Å². The molecule has 1 aromatic heterocycles. The Bertz CT molecular complexity index is 1930. The molecule has 1 N–H and O–H groups in total. The van der Waals surface area contributed by atoms with Crippen LogP contribution >= 0.6 is 0 Å². The standard InChI is InChI=1S/C38H50N6O6S/c1-25(45)42-22-29-20-41(4)21-30(23-42)44(29)37(47)38(17-18-38)24-43-33-19-28(36(46)39-51(48,49)40(2)3)13-16-32(33)34(26-9-7-6-8-10-26)35(43)27-11-14-31(50-5)15-12-27/h11-16,19,26,29-30H,6-10,17-18,20-24H2,1-5H3,(H,39,46). The molecule has 3 amide bonds. The van der Waals surface area contributed by atoms with Crippen molar-refractivity contribution in [3.05, 3.63) is 53.6 Å². The third-order valence-electron chi connectivity index (χ3n) is 11.6. The molecule has 13 heteroatoms. The Balaban J connectivity index is 1.36. The molecule has 0 radical (unpaired) electrons. The summed E-state index contributed by atoms with van der Waals surface area (Å²) in [7, 11) is 2.47. The summed E-state index contributed by atoms with van der Waals surface area (Å²) < 4.78 is 36.2. The Hall–Kier alpha value is -3.94. The molecule has 7 rings (SSSR count). The lowest BCUT2D eigenvalue weighted by atomic mass is 9.81. The third kappa shape index (κ3) is 6.64. The van der Waals surface area contributed by atoms with E-state index in [1.54, 1.807) is 26.2 Å². The van der Waals surface area contributed by atoms with Crippen molar-refractivity contribution in [2.45, 2.75) is 76.4 Å². The second-order valence-corrected chi connectivity index (χ2v) is 17.2. The zero-order valence-electron chi connectivity index (χ0n) is 30.4. The van der Waals surface area contributed by atoms with E-state index in [1.807, 2.05) is 23.1 Å². The highest BCUT2D eigenvalue weighted by Crippen LogP contribution is 2.53. The van der Waals surface area contributed by atoms with Crippen LogP contribution in [0.25, 0.3) is 22.2 Å². The van der Waals surface area contributed by atoms with Crippen molar-refractivity contribution in [1.82, 2.24) is 28.3 Å². The predicted molar refractivity (Wildman–Crippen MR) is 196 cm³/mol. The first kappa shape index (κ1) is 35.5. The summed E-state index contributed by atoms with van der Waals surface area (Å²) in [6.07, 6.45) is 7.05. The molecule has 12 nitrogen and oxygen atoms in total. The van der Waals surface area contributed by atoms with E-state index in [9.17, 15) is 22.8 Å². The molecule has 4 aliphatic rings. The van der Waals surface area contributed by atoms with Crippen LogP contribution in [0.15, 0.2) is 42.5 Å². The number of piperazine rings is 2. The third-order valence-corrected chi connectivity index (χ3v) is 13.0. The number of carbonyl (C=O) groups is 3. The van der Waals surface area contributed by atoms with Crippen LogP contribution in [0.2, 0.25) is 0 Å². The number of hydrogen-bond acceptors (Lipinski definition) is 7. The van der Waals surface area contributed by atoms with Gasteiger partial charge in [0.05, 0.1) is 30.3 Å². The normalized spacial score (nSPS) is 22.3. The number of ether oxygens (including phenoxy) is 1. The van der Waals surface area contributed by atoms with Crippen LogP contribution in [-0.4, -0.2) is 116 Å². The average Bonchev–Trinajstić information content (AvgIpc) is 3.82. The Morgan fingerprint density at radius 3 is 2.16 bits per heavy atom. The summed E-state index contributed by atoms with van der Waals surface area (Å²) in [6.45, 7) is 4.52. The lowest BCUT2D eigenvalue weighted by Gasteiger charge is -2.53. The zero-order valence-corrected chi connectivity index (χ0v) is 31.2. The zero-order chi connectivity index (χ0) is 36.2. The van der Waals surface area contributed by atoms with Gasteiger partial charge in [0.15, 0.2) is 0 Å². The number of methoxy groups -OCH3 is 1. The minimum atomic E-state index is -4.01. The van der Waals surface area contributed by atoms with Crippen LogP contribution in [-0.2, 0) is 26.3 Å². The van der Waals surface area contributed by atoms with Crippen LogP contribution in [0.4, 0.5) is 0 Å². The molecule has 2 unspecified atom stereocenters. The second kappa shape index (κ2) is 13.6. The van der Waals surface area contributed by atoms with Crippen molar-refractivity contribution in [1.29, 1.82) is 0 Å². The quantitative estimate of drug-likeness (QED) is 0.354. The maximum absolute atomic E-state index is 14.9. The number of fused-ring (bicyclic) bond motifs is 3. The van der Waals surface area contributed by atoms with Gasteiger partial charge in [0, 0.05) is 70.2 Å². The van der Waals surface area contributed by atoms with Crippen LogP contribution in [0.1, 0.15) is 73.7 Å². The largest absolute Gasteiger partial charge is 0.497 e. The summed E-state index contributed by atoms with van der Waals surface area (Å²) in [4.78, 5) is 47.0. The van der Waals surface area contributed by atoms with Crippen molar-refractivity contribution in [3.63, 3.8) is 0 Å². The smallest absolute Gasteiger partial charge is 0.303 e. The highest BCUT2D eigenvalue weighted by Gasteiger charge is 2.56. The number of rotatable bonds is 9. The molecule has 0 spiro atoms. The van der Waals surface area contributed by atoms with Crippen molar-refractivity contribution < 1.29 is 27.5 Å². The van der Waals surface area contributed by atoms with Gasteiger partial charge >= 0.3 is 10.2 Å². The van der Waals surface area contributed by atoms with Gasteiger partial charge in [-0.1, -0.05) is 25.3 Å². The van der Waals surface area contributed by atoms with Crippen molar-refractivity contribution in [2.24, 2.45) is 5.41 Å². The first-order valence-corrected chi connectivity index (χ1v) is 19.6. The van der Waals surface area contributed by atoms with Crippen LogP contribution < -0.4 is 9.46 Å². The maximum atomic E-state index is 14.9. The minimum Gasteiger partial charge on any atom is -0.497 e. The fourth-order valence-electron chi connectivity index (χ4n) is 8.71. The number of likely N-dealkylation sites (N-methyl/N-ethyl adjacent to an activating group) is 1. The molecule has 2 atom stereocenters. The van der Waals surface area contributed by atoms with Gasteiger partial charge in [-0.3, -0.25) is 14.4 Å². The molecule has 2 aliphatic heterocycles. The minimum absolute atomic E-state index is 0.0409. The Morgan fingerprint density at radius 1 is 0.941 bits per heavy atom. The van der Waals surface area contributed by atoms with E-state index in [2.05, 4.69) is 38.3 Å². The molecule has 2 bridgehead atoms.